The average Bonchev–Trinajstić information content (AvgIpc) is 3.05. The lowest BCUT2D eigenvalue weighted by Gasteiger charge is -2.43. The fourth-order valence-corrected chi connectivity index (χ4v) is 4.77. The van der Waals surface area contributed by atoms with Crippen LogP contribution in [0.15, 0.2) is 36.5 Å². The lowest BCUT2D eigenvalue weighted by Crippen LogP contribution is -2.54. The lowest BCUT2D eigenvalue weighted by atomic mass is 9.77. The van der Waals surface area contributed by atoms with E-state index in [-0.39, 0.29) is 11.3 Å². The van der Waals surface area contributed by atoms with Gasteiger partial charge in [-0.3, -0.25) is 4.79 Å². The Morgan fingerprint density at radius 2 is 2.04 bits per heavy atom. The zero-order chi connectivity index (χ0) is 19.8. The molecule has 1 aromatic heterocycles. The highest BCUT2D eigenvalue weighted by Crippen LogP contribution is 2.44. The van der Waals surface area contributed by atoms with Crippen LogP contribution in [0.5, 0.6) is 0 Å². The molecule has 1 spiro atoms. The molecule has 148 valence electrons. The molecular weight excluding hydrogens is 350 g/mol. The number of nitrogens with zero attached hydrogens (tertiary/aromatic N) is 3. The van der Waals surface area contributed by atoms with E-state index in [0.717, 1.165) is 55.9 Å². The SMILES string of the molecule is CCOC(C)(C)C(=O)N1CCCC2(CCc3cnc(-c4ccccc4)nc32)C1. The molecule has 2 aromatic rings. The number of likely N-dealkylation sites (tertiary alicyclic amines) is 1. The third-order valence-corrected chi connectivity index (χ3v) is 6.16. The molecule has 1 aliphatic carbocycles. The third-order valence-electron chi connectivity index (χ3n) is 6.16. The van der Waals surface area contributed by atoms with Crippen molar-refractivity contribution in [2.75, 3.05) is 19.7 Å². The first-order valence-electron chi connectivity index (χ1n) is 10.3. The maximum atomic E-state index is 13.1. The van der Waals surface area contributed by atoms with E-state index in [1.165, 1.54) is 5.56 Å². The summed E-state index contributed by atoms with van der Waals surface area (Å²) in [7, 11) is 0. The quantitative estimate of drug-likeness (QED) is 0.812. The Hall–Kier alpha value is -2.27. The van der Waals surface area contributed by atoms with Crippen molar-refractivity contribution in [1.29, 1.82) is 0 Å². The molecule has 1 amide bonds. The van der Waals surface area contributed by atoms with Crippen LogP contribution < -0.4 is 0 Å². The second kappa shape index (κ2) is 7.28. The number of carbonyl (C=O) groups excluding carboxylic acids is 1. The molecule has 1 unspecified atom stereocenters. The highest BCUT2D eigenvalue weighted by atomic mass is 16.5. The van der Waals surface area contributed by atoms with Crippen LogP contribution in [0.4, 0.5) is 0 Å². The summed E-state index contributed by atoms with van der Waals surface area (Å²) in [5, 5.41) is 0. The van der Waals surface area contributed by atoms with Crippen LogP contribution in [0.3, 0.4) is 0 Å². The largest absolute Gasteiger partial charge is 0.366 e. The molecule has 1 atom stereocenters. The van der Waals surface area contributed by atoms with Crippen molar-refractivity contribution in [3.05, 3.63) is 47.8 Å². The standard InChI is InChI=1S/C23H29N3O2/c1-4-28-22(2,3)21(27)26-14-8-12-23(16-26)13-11-18-15-24-20(25-19(18)23)17-9-6-5-7-10-17/h5-7,9-10,15H,4,8,11-14,16H2,1-3H3. The van der Waals surface area contributed by atoms with Crippen LogP contribution in [0.2, 0.25) is 0 Å². The van der Waals surface area contributed by atoms with E-state index in [0.29, 0.717) is 6.61 Å². The first-order valence-corrected chi connectivity index (χ1v) is 10.3. The average molecular weight is 380 g/mol. The van der Waals surface area contributed by atoms with Crippen LogP contribution in [-0.4, -0.2) is 46.1 Å². The summed E-state index contributed by atoms with van der Waals surface area (Å²) in [6, 6.07) is 10.1. The molecule has 5 nitrogen and oxygen atoms in total. The molecule has 2 aliphatic rings. The number of benzene rings is 1. The number of piperidine rings is 1. The van der Waals surface area contributed by atoms with Crippen molar-refractivity contribution >= 4 is 5.91 Å². The molecule has 4 rings (SSSR count). The molecule has 1 aromatic carbocycles. The Labute approximate surface area is 167 Å². The topological polar surface area (TPSA) is 55.3 Å². The van der Waals surface area contributed by atoms with Crippen molar-refractivity contribution < 1.29 is 9.53 Å². The molecule has 1 aliphatic heterocycles. The molecule has 2 heterocycles. The Kier molecular flexibility index (Phi) is 4.96. The summed E-state index contributed by atoms with van der Waals surface area (Å²) >= 11 is 0. The molecule has 1 saturated heterocycles. The lowest BCUT2D eigenvalue weighted by molar-refractivity contribution is -0.156. The van der Waals surface area contributed by atoms with Crippen molar-refractivity contribution in [2.45, 2.75) is 57.5 Å². The molecule has 1 fully saturated rings. The molecule has 0 N–H and O–H groups in total. The van der Waals surface area contributed by atoms with E-state index >= 15 is 0 Å². The van der Waals surface area contributed by atoms with Crippen molar-refractivity contribution in [3.63, 3.8) is 0 Å². The van der Waals surface area contributed by atoms with Crippen LogP contribution in [0.1, 0.15) is 51.3 Å². The predicted molar refractivity (Wildman–Crippen MR) is 109 cm³/mol. The van der Waals surface area contributed by atoms with Gasteiger partial charge >= 0.3 is 0 Å². The predicted octanol–water partition coefficient (Wildman–Crippen LogP) is 3.77. The minimum atomic E-state index is -0.782. The summed E-state index contributed by atoms with van der Waals surface area (Å²) in [5.74, 6) is 0.859. The first kappa shape index (κ1) is 19.1. The summed E-state index contributed by atoms with van der Waals surface area (Å²) in [6.45, 7) is 7.73. The minimum absolute atomic E-state index is 0.0575. The molecule has 28 heavy (non-hydrogen) atoms. The summed E-state index contributed by atoms with van der Waals surface area (Å²) in [6.07, 6.45) is 6.09. The second-order valence-corrected chi connectivity index (χ2v) is 8.49. The number of carbonyl (C=O) groups is 1. The number of aryl methyl sites for hydroxylation is 1. The van der Waals surface area contributed by atoms with Gasteiger partial charge in [0.1, 0.15) is 5.60 Å². The van der Waals surface area contributed by atoms with E-state index in [4.69, 9.17) is 9.72 Å². The number of hydrogen-bond donors (Lipinski definition) is 0. The van der Waals surface area contributed by atoms with Gasteiger partial charge in [0.15, 0.2) is 5.82 Å². The smallest absolute Gasteiger partial charge is 0.254 e. The highest BCUT2D eigenvalue weighted by molar-refractivity contribution is 5.84. The van der Waals surface area contributed by atoms with Gasteiger partial charge in [0.25, 0.3) is 5.91 Å². The van der Waals surface area contributed by atoms with Gasteiger partial charge in [-0.1, -0.05) is 30.3 Å². The van der Waals surface area contributed by atoms with Gasteiger partial charge in [-0.25, -0.2) is 9.97 Å². The van der Waals surface area contributed by atoms with E-state index < -0.39 is 5.60 Å². The van der Waals surface area contributed by atoms with E-state index in [9.17, 15) is 4.79 Å². The number of ether oxygens (including phenoxy) is 1. The second-order valence-electron chi connectivity index (χ2n) is 8.49. The minimum Gasteiger partial charge on any atom is -0.366 e. The Morgan fingerprint density at radius 1 is 1.25 bits per heavy atom. The number of amides is 1. The first-order chi connectivity index (χ1) is 13.5. The Balaban J connectivity index is 1.64. The van der Waals surface area contributed by atoms with Crippen LogP contribution in [-0.2, 0) is 21.4 Å². The third kappa shape index (κ3) is 3.32. The Morgan fingerprint density at radius 3 is 2.79 bits per heavy atom. The molecule has 0 saturated carbocycles. The van der Waals surface area contributed by atoms with Crippen molar-refractivity contribution in [3.8, 4) is 11.4 Å². The van der Waals surface area contributed by atoms with Gasteiger partial charge in [-0.2, -0.15) is 0 Å². The van der Waals surface area contributed by atoms with Crippen LogP contribution in [0.25, 0.3) is 11.4 Å². The fourth-order valence-electron chi connectivity index (χ4n) is 4.77. The van der Waals surface area contributed by atoms with Crippen molar-refractivity contribution in [2.24, 2.45) is 0 Å². The fraction of sp³-hybridized carbons (Fsp3) is 0.522. The molecule has 0 radical (unpaired) electrons. The summed E-state index contributed by atoms with van der Waals surface area (Å²) < 4.78 is 5.73. The van der Waals surface area contributed by atoms with Gasteiger partial charge in [0, 0.05) is 36.9 Å². The summed E-state index contributed by atoms with van der Waals surface area (Å²) in [5.41, 5.74) is 2.58. The van der Waals surface area contributed by atoms with Gasteiger partial charge in [0.2, 0.25) is 0 Å². The van der Waals surface area contributed by atoms with E-state index in [2.05, 4.69) is 4.98 Å². The van der Waals surface area contributed by atoms with Gasteiger partial charge in [-0.15, -0.1) is 0 Å². The van der Waals surface area contributed by atoms with Crippen LogP contribution >= 0.6 is 0 Å². The monoisotopic (exact) mass is 379 g/mol. The molecule has 5 heteroatoms. The van der Waals surface area contributed by atoms with E-state index in [1.54, 1.807) is 0 Å². The number of aromatic nitrogens is 2. The normalized spacial score (nSPS) is 21.8. The van der Waals surface area contributed by atoms with Crippen LogP contribution in [0, 0.1) is 0 Å². The van der Waals surface area contributed by atoms with Gasteiger partial charge in [-0.05, 0) is 52.0 Å². The summed E-state index contributed by atoms with van der Waals surface area (Å²) in [4.78, 5) is 24.7. The zero-order valence-electron chi connectivity index (χ0n) is 17.1. The van der Waals surface area contributed by atoms with E-state index in [1.807, 2.05) is 62.2 Å². The maximum Gasteiger partial charge on any atom is 0.254 e. The zero-order valence-corrected chi connectivity index (χ0v) is 17.1. The number of hydrogen-bond acceptors (Lipinski definition) is 4. The molecule has 0 bridgehead atoms. The number of fused-ring (bicyclic) bond motifs is 2. The molecular formula is C23H29N3O2. The maximum absolute atomic E-state index is 13.1. The highest BCUT2D eigenvalue weighted by Gasteiger charge is 2.46. The van der Waals surface area contributed by atoms with Crippen molar-refractivity contribution in [1.82, 2.24) is 14.9 Å². The number of rotatable bonds is 4. The Bertz CT molecular complexity index is 861. The van der Waals surface area contributed by atoms with Gasteiger partial charge in [0.05, 0.1) is 5.69 Å². The van der Waals surface area contributed by atoms with Gasteiger partial charge < -0.3 is 9.64 Å².